The Morgan fingerprint density at radius 1 is 1.26 bits per heavy atom. The summed E-state index contributed by atoms with van der Waals surface area (Å²) in [4.78, 5) is 41.6. The van der Waals surface area contributed by atoms with Gasteiger partial charge in [0.1, 0.15) is 35.2 Å². The van der Waals surface area contributed by atoms with E-state index in [2.05, 4.69) is 16.7 Å². The van der Waals surface area contributed by atoms with Gasteiger partial charge >= 0.3 is 0 Å². The van der Waals surface area contributed by atoms with Crippen LogP contribution in [0.15, 0.2) is 42.5 Å². The maximum absolute atomic E-state index is 14.8. The maximum Gasteiger partial charge on any atom is 0.270 e. The molecule has 202 valence electrons. The average Bonchev–Trinajstić information content (AvgIpc) is 3.46. The van der Waals surface area contributed by atoms with Gasteiger partial charge in [-0.05, 0) is 36.6 Å². The third-order valence-corrected chi connectivity index (χ3v) is 7.24. The zero-order valence-corrected chi connectivity index (χ0v) is 21.6. The Hall–Kier alpha value is -4.46. The maximum atomic E-state index is 14.8. The molecule has 0 aliphatic carbocycles. The number of nitriles is 1. The topological polar surface area (TPSA) is 116 Å². The average molecular weight is 536 g/mol. The third-order valence-electron chi connectivity index (χ3n) is 7.24. The van der Waals surface area contributed by atoms with Crippen molar-refractivity contribution in [1.82, 2.24) is 14.8 Å². The number of nitrogens with zero attached hydrogens (tertiary/aromatic N) is 3. The van der Waals surface area contributed by atoms with E-state index in [1.54, 1.807) is 24.3 Å². The summed E-state index contributed by atoms with van der Waals surface area (Å²) in [6.07, 6.45) is 0.129. The largest absolute Gasteiger partial charge is 0.473 e. The van der Waals surface area contributed by atoms with Crippen LogP contribution in [0, 0.1) is 28.9 Å². The van der Waals surface area contributed by atoms with Crippen molar-refractivity contribution in [2.45, 2.75) is 44.4 Å². The van der Waals surface area contributed by atoms with Crippen LogP contribution in [0.3, 0.4) is 0 Å². The molecule has 1 fully saturated rings. The quantitative estimate of drug-likeness (QED) is 0.516. The van der Waals surface area contributed by atoms with Gasteiger partial charge in [0.25, 0.3) is 11.8 Å². The van der Waals surface area contributed by atoms with Crippen LogP contribution in [0.2, 0.25) is 0 Å². The Morgan fingerprint density at radius 3 is 2.69 bits per heavy atom. The van der Waals surface area contributed by atoms with Gasteiger partial charge in [-0.3, -0.25) is 14.4 Å². The number of aromatic nitrogens is 1. The van der Waals surface area contributed by atoms with E-state index in [0.29, 0.717) is 17.5 Å². The van der Waals surface area contributed by atoms with Crippen LogP contribution < -0.4 is 15.4 Å². The fraction of sp³-hybridized carbons (Fsp3) is 0.357. The van der Waals surface area contributed by atoms with Crippen LogP contribution in [0.4, 0.5) is 14.5 Å². The van der Waals surface area contributed by atoms with Gasteiger partial charge in [0.2, 0.25) is 11.5 Å². The molecule has 2 aliphatic rings. The molecule has 0 radical (unpaired) electrons. The van der Waals surface area contributed by atoms with Gasteiger partial charge in [-0.15, -0.1) is 0 Å². The minimum absolute atomic E-state index is 0.0159. The Morgan fingerprint density at radius 2 is 2.00 bits per heavy atom. The highest BCUT2D eigenvalue weighted by Crippen LogP contribution is 2.41. The highest BCUT2D eigenvalue weighted by atomic mass is 19.1. The van der Waals surface area contributed by atoms with E-state index in [1.165, 1.54) is 22.6 Å². The predicted molar refractivity (Wildman–Crippen MR) is 138 cm³/mol. The standard InChI is InChI=1S/C28H27F2N5O4/c1-15(2)8-23(35-21-10-16(29)9-19(30)18(21)11-22(35)25(36)32-3)26(37)34-14-28(12-17(34)13-31)27(38)33-20-6-4-5-7-24(20)39-28/h4-7,9-11,15,17,23H,8,12,14H2,1-3H3,(H,32,36)(H,33,38)/t17-,23-,28+/m0/s1. The lowest BCUT2D eigenvalue weighted by Gasteiger charge is -2.34. The summed E-state index contributed by atoms with van der Waals surface area (Å²) >= 11 is 0. The molecule has 3 amide bonds. The molecule has 1 saturated heterocycles. The fourth-order valence-electron chi connectivity index (χ4n) is 5.45. The molecule has 2 aliphatic heterocycles. The number of hydrogen-bond acceptors (Lipinski definition) is 5. The number of fused-ring (bicyclic) bond motifs is 2. The molecule has 1 aromatic heterocycles. The van der Waals surface area contributed by atoms with Crippen molar-refractivity contribution in [3.8, 4) is 11.8 Å². The highest BCUT2D eigenvalue weighted by molar-refractivity contribution is 6.03. The first-order valence-corrected chi connectivity index (χ1v) is 12.6. The van der Waals surface area contributed by atoms with Gasteiger partial charge in [-0.1, -0.05) is 26.0 Å². The number of ether oxygens (including phenoxy) is 1. The van der Waals surface area contributed by atoms with E-state index in [1.807, 2.05) is 13.8 Å². The van der Waals surface area contributed by atoms with E-state index >= 15 is 0 Å². The lowest BCUT2D eigenvalue weighted by Crippen LogP contribution is -2.53. The number of hydrogen-bond donors (Lipinski definition) is 2. The zero-order valence-electron chi connectivity index (χ0n) is 21.6. The summed E-state index contributed by atoms with van der Waals surface area (Å²) in [6.45, 7) is 3.53. The van der Waals surface area contributed by atoms with E-state index in [4.69, 9.17) is 4.74 Å². The molecule has 3 heterocycles. The Balaban J connectivity index is 1.60. The van der Waals surface area contributed by atoms with E-state index in [-0.39, 0.29) is 41.9 Å². The summed E-state index contributed by atoms with van der Waals surface area (Å²) in [6, 6.07) is 9.94. The van der Waals surface area contributed by atoms with Crippen molar-refractivity contribution in [3.05, 3.63) is 59.8 Å². The second-order valence-electron chi connectivity index (χ2n) is 10.3. The van der Waals surface area contributed by atoms with Crippen molar-refractivity contribution in [3.63, 3.8) is 0 Å². The number of likely N-dealkylation sites (tertiary alicyclic amines) is 1. The Bertz CT molecular complexity index is 1540. The number of para-hydroxylation sites is 2. The third kappa shape index (κ3) is 4.35. The molecular formula is C28H27F2N5O4. The van der Waals surface area contributed by atoms with Gasteiger partial charge in [0.05, 0.1) is 23.8 Å². The fourth-order valence-corrected chi connectivity index (χ4v) is 5.45. The molecule has 11 heteroatoms. The molecule has 39 heavy (non-hydrogen) atoms. The second-order valence-corrected chi connectivity index (χ2v) is 10.3. The van der Waals surface area contributed by atoms with Crippen LogP contribution in [0.25, 0.3) is 10.9 Å². The van der Waals surface area contributed by atoms with Crippen molar-refractivity contribution in [2.75, 3.05) is 18.9 Å². The summed E-state index contributed by atoms with van der Waals surface area (Å²) in [5.41, 5.74) is -0.998. The number of carbonyl (C=O) groups is 3. The van der Waals surface area contributed by atoms with Crippen LogP contribution in [0.5, 0.6) is 5.75 Å². The summed E-state index contributed by atoms with van der Waals surface area (Å²) in [5.74, 6) is -3.01. The van der Waals surface area contributed by atoms with E-state index in [9.17, 15) is 28.4 Å². The number of nitrogens with one attached hydrogen (secondary N) is 2. The van der Waals surface area contributed by atoms with E-state index < -0.39 is 47.0 Å². The number of amides is 3. The van der Waals surface area contributed by atoms with Crippen LogP contribution >= 0.6 is 0 Å². The molecule has 5 rings (SSSR count). The van der Waals surface area contributed by atoms with Gasteiger partial charge in [0, 0.05) is 24.9 Å². The van der Waals surface area contributed by atoms with Crippen LogP contribution in [-0.4, -0.2) is 52.4 Å². The molecule has 2 aromatic carbocycles. The number of benzene rings is 2. The van der Waals surface area contributed by atoms with E-state index in [0.717, 1.165) is 6.07 Å². The van der Waals surface area contributed by atoms with Gasteiger partial charge in [-0.25, -0.2) is 8.78 Å². The molecule has 3 aromatic rings. The predicted octanol–water partition coefficient (Wildman–Crippen LogP) is 3.76. The molecule has 0 saturated carbocycles. The molecule has 0 bridgehead atoms. The second kappa shape index (κ2) is 9.69. The minimum atomic E-state index is -1.49. The Labute approximate surface area is 223 Å². The smallest absolute Gasteiger partial charge is 0.270 e. The normalized spacial score (nSPS) is 20.9. The van der Waals surface area contributed by atoms with Crippen molar-refractivity contribution >= 4 is 34.3 Å². The monoisotopic (exact) mass is 535 g/mol. The van der Waals surface area contributed by atoms with Crippen molar-refractivity contribution in [2.24, 2.45) is 5.92 Å². The first kappa shape index (κ1) is 26.2. The SMILES string of the molecule is CNC(=O)c1cc2c(F)cc(F)cc2n1[C@@H](CC(C)C)C(=O)N1C[C@@]2(C[C@H]1C#N)Oc1ccccc1NC2=O. The lowest BCUT2D eigenvalue weighted by atomic mass is 9.97. The summed E-state index contributed by atoms with van der Waals surface area (Å²) in [5, 5.41) is 15.3. The molecule has 1 spiro atoms. The number of carbonyl (C=O) groups excluding carboxylic acids is 3. The van der Waals surface area contributed by atoms with Gasteiger partial charge < -0.3 is 24.8 Å². The summed E-state index contributed by atoms with van der Waals surface area (Å²) in [7, 11) is 1.40. The lowest BCUT2D eigenvalue weighted by molar-refractivity contribution is -0.137. The van der Waals surface area contributed by atoms with Crippen molar-refractivity contribution in [1.29, 1.82) is 5.26 Å². The number of anilines is 1. The molecule has 0 unspecified atom stereocenters. The molecule has 2 N–H and O–H groups in total. The molecule has 3 atom stereocenters. The Kier molecular flexibility index (Phi) is 6.50. The van der Waals surface area contributed by atoms with Gasteiger partial charge in [-0.2, -0.15) is 5.26 Å². The summed E-state index contributed by atoms with van der Waals surface area (Å²) < 4.78 is 36.6. The minimum Gasteiger partial charge on any atom is -0.473 e. The van der Waals surface area contributed by atoms with Crippen molar-refractivity contribution < 1.29 is 27.9 Å². The zero-order chi connectivity index (χ0) is 28.1. The first-order chi connectivity index (χ1) is 18.6. The molecular weight excluding hydrogens is 508 g/mol. The van der Waals surface area contributed by atoms with Crippen LogP contribution in [0.1, 0.15) is 43.2 Å². The van der Waals surface area contributed by atoms with Gasteiger partial charge in [0.15, 0.2) is 0 Å². The number of rotatable bonds is 5. The molecule has 9 nitrogen and oxygen atoms in total. The highest BCUT2D eigenvalue weighted by Gasteiger charge is 2.56. The van der Waals surface area contributed by atoms with Crippen LogP contribution in [-0.2, 0) is 9.59 Å². The first-order valence-electron chi connectivity index (χ1n) is 12.6. The number of halogens is 2.